The molecule has 0 spiro atoms. The zero-order valence-corrected chi connectivity index (χ0v) is 9.53. The summed E-state index contributed by atoms with van der Waals surface area (Å²) in [5.74, 6) is -0.0735. The monoisotopic (exact) mass is 222 g/mol. The number of rotatable bonds is 2. The van der Waals surface area contributed by atoms with Gasteiger partial charge in [-0.1, -0.05) is 6.07 Å². The molecule has 1 saturated heterocycles. The highest BCUT2D eigenvalue weighted by molar-refractivity contribution is 5.79. The van der Waals surface area contributed by atoms with Crippen LogP contribution in [0.1, 0.15) is 11.1 Å². The summed E-state index contributed by atoms with van der Waals surface area (Å²) < 4.78 is 12.9. The first kappa shape index (κ1) is 11.1. The number of nitrogens with zero attached hydrogens (tertiary/aromatic N) is 2. The van der Waals surface area contributed by atoms with Gasteiger partial charge >= 0.3 is 0 Å². The standard InChI is InChI=1S/C12H15FN2O/c1-9-5-11(13)4-3-10(9)6-15-7-12(16)14(2)8-15/h3-5H,6-8H2,1-2H3. The molecule has 1 aromatic carbocycles. The molecule has 2 rings (SSSR count). The lowest BCUT2D eigenvalue weighted by Gasteiger charge is -2.16. The molecule has 1 aliphatic heterocycles. The number of hydrogen-bond donors (Lipinski definition) is 0. The molecule has 0 saturated carbocycles. The second kappa shape index (κ2) is 4.22. The molecule has 1 fully saturated rings. The Bertz CT molecular complexity index is 419. The van der Waals surface area contributed by atoms with E-state index in [9.17, 15) is 9.18 Å². The lowest BCUT2D eigenvalue weighted by Crippen LogP contribution is -2.23. The van der Waals surface area contributed by atoms with Gasteiger partial charge in [-0.05, 0) is 30.2 Å². The van der Waals surface area contributed by atoms with E-state index in [1.54, 1.807) is 18.0 Å². The van der Waals surface area contributed by atoms with Gasteiger partial charge in [0.2, 0.25) is 5.91 Å². The van der Waals surface area contributed by atoms with Crippen LogP contribution in [0.15, 0.2) is 18.2 Å². The Hall–Kier alpha value is -1.42. The van der Waals surface area contributed by atoms with Gasteiger partial charge in [-0.25, -0.2) is 4.39 Å². The maximum Gasteiger partial charge on any atom is 0.237 e. The zero-order chi connectivity index (χ0) is 11.7. The Balaban J connectivity index is 2.07. The molecule has 3 nitrogen and oxygen atoms in total. The van der Waals surface area contributed by atoms with Crippen LogP contribution in [-0.4, -0.2) is 36.0 Å². The molecule has 0 N–H and O–H groups in total. The summed E-state index contributed by atoms with van der Waals surface area (Å²) in [5, 5.41) is 0. The summed E-state index contributed by atoms with van der Waals surface area (Å²) in [6, 6.07) is 4.77. The minimum atomic E-state index is -0.212. The van der Waals surface area contributed by atoms with Crippen LogP contribution in [0, 0.1) is 12.7 Å². The molecule has 1 heterocycles. The van der Waals surface area contributed by atoms with Crippen LogP contribution in [0.25, 0.3) is 0 Å². The van der Waals surface area contributed by atoms with E-state index in [0.29, 0.717) is 19.8 Å². The minimum Gasteiger partial charge on any atom is -0.332 e. The second-order valence-electron chi connectivity index (χ2n) is 4.29. The molecule has 1 amide bonds. The average molecular weight is 222 g/mol. The molecule has 0 aromatic heterocycles. The van der Waals surface area contributed by atoms with Crippen LogP contribution in [0.5, 0.6) is 0 Å². The largest absolute Gasteiger partial charge is 0.332 e. The van der Waals surface area contributed by atoms with E-state index in [1.165, 1.54) is 12.1 Å². The van der Waals surface area contributed by atoms with Crippen LogP contribution >= 0.6 is 0 Å². The first-order valence-electron chi connectivity index (χ1n) is 5.27. The van der Waals surface area contributed by atoms with Crippen LogP contribution in [0.3, 0.4) is 0 Å². The SMILES string of the molecule is Cc1cc(F)ccc1CN1CC(=O)N(C)C1. The lowest BCUT2D eigenvalue weighted by atomic mass is 10.1. The smallest absolute Gasteiger partial charge is 0.237 e. The van der Waals surface area contributed by atoms with Gasteiger partial charge in [0.1, 0.15) is 5.82 Å². The molecule has 4 heteroatoms. The van der Waals surface area contributed by atoms with E-state index in [-0.39, 0.29) is 11.7 Å². The third kappa shape index (κ3) is 2.22. The molecule has 86 valence electrons. The van der Waals surface area contributed by atoms with E-state index in [2.05, 4.69) is 0 Å². The highest BCUT2D eigenvalue weighted by Crippen LogP contribution is 2.15. The van der Waals surface area contributed by atoms with E-state index in [0.717, 1.165) is 11.1 Å². The molecule has 0 bridgehead atoms. The summed E-state index contributed by atoms with van der Waals surface area (Å²) in [7, 11) is 1.79. The van der Waals surface area contributed by atoms with Crippen LogP contribution in [-0.2, 0) is 11.3 Å². The van der Waals surface area contributed by atoms with Crippen molar-refractivity contribution in [2.24, 2.45) is 0 Å². The molecule has 0 aliphatic carbocycles. The maximum absolute atomic E-state index is 12.9. The predicted molar refractivity (Wildman–Crippen MR) is 59.2 cm³/mol. The number of amides is 1. The van der Waals surface area contributed by atoms with Gasteiger partial charge in [0, 0.05) is 13.6 Å². The van der Waals surface area contributed by atoms with Gasteiger partial charge in [0.15, 0.2) is 0 Å². The van der Waals surface area contributed by atoms with Gasteiger partial charge in [-0.2, -0.15) is 0 Å². The summed E-state index contributed by atoms with van der Waals surface area (Å²) in [6.07, 6.45) is 0. The van der Waals surface area contributed by atoms with Gasteiger partial charge in [0.25, 0.3) is 0 Å². The maximum atomic E-state index is 12.9. The number of aryl methyl sites for hydroxylation is 1. The van der Waals surface area contributed by atoms with E-state index in [4.69, 9.17) is 0 Å². The van der Waals surface area contributed by atoms with Crippen molar-refractivity contribution in [3.63, 3.8) is 0 Å². The first-order valence-corrected chi connectivity index (χ1v) is 5.27. The summed E-state index contributed by atoms with van der Waals surface area (Å²) >= 11 is 0. The van der Waals surface area contributed by atoms with Crippen molar-refractivity contribution in [1.29, 1.82) is 0 Å². The normalized spacial score (nSPS) is 17.2. The summed E-state index contributed by atoms with van der Waals surface area (Å²) in [4.78, 5) is 15.1. The number of carbonyl (C=O) groups is 1. The average Bonchev–Trinajstić information content (AvgIpc) is 2.51. The summed E-state index contributed by atoms with van der Waals surface area (Å²) in [6.45, 7) is 3.69. The quantitative estimate of drug-likeness (QED) is 0.754. The predicted octanol–water partition coefficient (Wildman–Crippen LogP) is 1.37. The Kier molecular flexibility index (Phi) is 2.92. The third-order valence-electron chi connectivity index (χ3n) is 2.90. The number of halogens is 1. The molecular weight excluding hydrogens is 207 g/mol. The van der Waals surface area contributed by atoms with Crippen LogP contribution in [0.4, 0.5) is 4.39 Å². The van der Waals surface area contributed by atoms with Crippen molar-refractivity contribution in [2.45, 2.75) is 13.5 Å². The fourth-order valence-corrected chi connectivity index (χ4v) is 1.92. The highest BCUT2D eigenvalue weighted by Gasteiger charge is 2.24. The fourth-order valence-electron chi connectivity index (χ4n) is 1.92. The first-order chi connectivity index (χ1) is 7.56. The Morgan fingerprint density at radius 3 is 2.75 bits per heavy atom. The van der Waals surface area contributed by atoms with E-state index in [1.807, 2.05) is 11.8 Å². The third-order valence-corrected chi connectivity index (χ3v) is 2.90. The number of carbonyl (C=O) groups excluding carboxylic acids is 1. The Morgan fingerprint density at radius 2 is 2.19 bits per heavy atom. The van der Waals surface area contributed by atoms with Gasteiger partial charge in [-0.3, -0.25) is 9.69 Å². The van der Waals surface area contributed by atoms with Crippen LogP contribution < -0.4 is 0 Å². The molecule has 16 heavy (non-hydrogen) atoms. The molecule has 0 radical (unpaired) electrons. The van der Waals surface area contributed by atoms with Crippen molar-refractivity contribution >= 4 is 5.91 Å². The van der Waals surface area contributed by atoms with Crippen molar-refractivity contribution in [3.8, 4) is 0 Å². The van der Waals surface area contributed by atoms with Gasteiger partial charge < -0.3 is 4.90 Å². The van der Waals surface area contributed by atoms with Crippen molar-refractivity contribution in [3.05, 3.63) is 35.1 Å². The number of hydrogen-bond acceptors (Lipinski definition) is 2. The topological polar surface area (TPSA) is 23.6 Å². The number of likely N-dealkylation sites (N-methyl/N-ethyl adjacent to an activating group) is 1. The van der Waals surface area contributed by atoms with Gasteiger partial charge in [0.05, 0.1) is 13.2 Å². The van der Waals surface area contributed by atoms with Crippen molar-refractivity contribution < 1.29 is 9.18 Å². The Morgan fingerprint density at radius 1 is 1.44 bits per heavy atom. The lowest BCUT2D eigenvalue weighted by molar-refractivity contribution is -0.125. The second-order valence-corrected chi connectivity index (χ2v) is 4.29. The molecule has 0 unspecified atom stereocenters. The van der Waals surface area contributed by atoms with E-state index >= 15 is 0 Å². The zero-order valence-electron chi connectivity index (χ0n) is 9.53. The molecule has 1 aliphatic rings. The van der Waals surface area contributed by atoms with Crippen molar-refractivity contribution in [2.75, 3.05) is 20.3 Å². The van der Waals surface area contributed by atoms with E-state index < -0.39 is 0 Å². The molecule has 1 aromatic rings. The number of benzene rings is 1. The highest BCUT2D eigenvalue weighted by atomic mass is 19.1. The molecule has 0 atom stereocenters. The fraction of sp³-hybridized carbons (Fsp3) is 0.417. The van der Waals surface area contributed by atoms with Gasteiger partial charge in [-0.15, -0.1) is 0 Å². The Labute approximate surface area is 94.5 Å². The van der Waals surface area contributed by atoms with Crippen LogP contribution in [0.2, 0.25) is 0 Å². The minimum absolute atomic E-state index is 0.139. The molecular formula is C12H15FN2O. The summed E-state index contributed by atoms with van der Waals surface area (Å²) in [5.41, 5.74) is 2.01. The van der Waals surface area contributed by atoms with Crippen molar-refractivity contribution in [1.82, 2.24) is 9.80 Å².